The van der Waals surface area contributed by atoms with Crippen LogP contribution in [-0.4, -0.2) is 23.8 Å². The minimum atomic E-state index is -0.566. The molecule has 0 fully saturated rings. The average Bonchev–Trinajstić information content (AvgIpc) is 2.18. The van der Waals surface area contributed by atoms with Crippen molar-refractivity contribution >= 4 is 11.7 Å². The molecule has 0 aliphatic carbocycles. The molecule has 0 spiro atoms. The second-order valence-electron chi connectivity index (χ2n) is 4.09. The van der Waals surface area contributed by atoms with Crippen LogP contribution in [0.1, 0.15) is 48.0 Å². The van der Waals surface area contributed by atoms with Gasteiger partial charge in [-0.25, -0.2) is 0 Å². The minimum Gasteiger partial charge on any atom is -0.345 e. The van der Waals surface area contributed by atoms with E-state index >= 15 is 0 Å². The molecule has 0 bridgehead atoms. The fourth-order valence-corrected chi connectivity index (χ4v) is 1.10. The quantitative estimate of drug-likeness (QED) is 0.751. The van der Waals surface area contributed by atoms with Crippen molar-refractivity contribution in [1.82, 2.24) is 5.32 Å². The number of carbonyl (C=O) groups is 2. The van der Waals surface area contributed by atoms with Crippen molar-refractivity contribution in [3.63, 3.8) is 0 Å². The first-order valence-electron chi connectivity index (χ1n) is 5.91. The van der Waals surface area contributed by atoms with E-state index in [1.807, 2.05) is 27.7 Å². The van der Waals surface area contributed by atoms with E-state index in [1.54, 1.807) is 6.92 Å². The van der Waals surface area contributed by atoms with Crippen LogP contribution in [0.2, 0.25) is 0 Å². The summed E-state index contributed by atoms with van der Waals surface area (Å²) in [6.07, 6.45) is 0.661. The molecule has 0 aromatic carbocycles. The van der Waals surface area contributed by atoms with Crippen molar-refractivity contribution in [2.75, 3.05) is 0 Å². The highest BCUT2D eigenvalue weighted by Crippen LogP contribution is 2.05. The summed E-state index contributed by atoms with van der Waals surface area (Å²) in [6.45, 7) is 11.1. The van der Waals surface area contributed by atoms with Crippen LogP contribution in [0, 0.1) is 5.92 Å². The number of carbonyl (C=O) groups excluding carboxylic acids is 2. The Balaban J connectivity index is 0. The molecule has 0 aliphatic heterocycles. The van der Waals surface area contributed by atoms with E-state index in [9.17, 15) is 9.59 Å². The Kier molecular flexibility index (Phi) is 10.2. The summed E-state index contributed by atoms with van der Waals surface area (Å²) < 4.78 is 0. The number of hydrogen-bond donors (Lipinski definition) is 2. The van der Waals surface area contributed by atoms with Gasteiger partial charge in [0, 0.05) is 0 Å². The number of rotatable bonds is 5. The average molecular weight is 230 g/mol. The van der Waals surface area contributed by atoms with Gasteiger partial charge in [0.05, 0.1) is 12.1 Å². The lowest BCUT2D eigenvalue weighted by Crippen LogP contribution is -2.47. The lowest BCUT2D eigenvalue weighted by molar-refractivity contribution is -0.127. The minimum absolute atomic E-state index is 0.0206. The predicted octanol–water partition coefficient (Wildman–Crippen LogP) is 1.48. The normalized spacial score (nSPS) is 13.5. The lowest BCUT2D eigenvalue weighted by Gasteiger charge is -2.18. The van der Waals surface area contributed by atoms with E-state index < -0.39 is 12.1 Å². The van der Waals surface area contributed by atoms with Crippen molar-refractivity contribution in [3.8, 4) is 0 Å². The molecule has 0 aromatic rings. The van der Waals surface area contributed by atoms with Crippen LogP contribution in [0.5, 0.6) is 0 Å². The van der Waals surface area contributed by atoms with E-state index in [-0.39, 0.29) is 11.7 Å². The molecular formula is C12H26N2O2. The largest absolute Gasteiger partial charge is 0.345 e. The number of nitrogens with one attached hydrogen (secondary N) is 1. The zero-order valence-electron chi connectivity index (χ0n) is 11.3. The molecule has 3 N–H and O–H groups in total. The topological polar surface area (TPSA) is 72.2 Å². The summed E-state index contributed by atoms with van der Waals surface area (Å²) in [5, 5.41) is 2.63. The Morgan fingerprint density at radius 1 is 1.19 bits per heavy atom. The van der Waals surface area contributed by atoms with Crippen molar-refractivity contribution in [3.05, 3.63) is 0 Å². The van der Waals surface area contributed by atoms with Crippen molar-refractivity contribution < 1.29 is 9.59 Å². The van der Waals surface area contributed by atoms with Crippen LogP contribution in [-0.2, 0) is 9.59 Å². The first-order valence-corrected chi connectivity index (χ1v) is 5.91. The molecule has 0 aromatic heterocycles. The van der Waals surface area contributed by atoms with Gasteiger partial charge in [-0.15, -0.1) is 0 Å². The van der Waals surface area contributed by atoms with Crippen molar-refractivity contribution in [1.29, 1.82) is 0 Å². The first kappa shape index (κ1) is 17.5. The molecule has 4 nitrogen and oxygen atoms in total. The molecular weight excluding hydrogens is 204 g/mol. The fourth-order valence-electron chi connectivity index (χ4n) is 1.10. The van der Waals surface area contributed by atoms with Crippen LogP contribution >= 0.6 is 0 Å². The van der Waals surface area contributed by atoms with Gasteiger partial charge < -0.3 is 11.1 Å². The first-order chi connectivity index (χ1) is 7.34. The SMILES string of the molecule is CC.CC(=O)[C@H](CC(C)C)NC(=O)[C@H](C)N. The maximum atomic E-state index is 11.3. The molecule has 0 radical (unpaired) electrons. The van der Waals surface area contributed by atoms with Gasteiger partial charge >= 0.3 is 0 Å². The number of hydrogen-bond acceptors (Lipinski definition) is 3. The highest BCUT2D eigenvalue weighted by molar-refractivity contribution is 5.89. The molecule has 16 heavy (non-hydrogen) atoms. The third-order valence-electron chi connectivity index (χ3n) is 1.93. The summed E-state index contributed by atoms with van der Waals surface area (Å²) in [5.74, 6) is 0.0795. The number of nitrogens with two attached hydrogens (primary N) is 1. The lowest BCUT2D eigenvalue weighted by atomic mass is 10.0. The van der Waals surface area contributed by atoms with Crippen LogP contribution in [0.15, 0.2) is 0 Å². The molecule has 0 saturated heterocycles. The van der Waals surface area contributed by atoms with Gasteiger partial charge in [0.2, 0.25) is 5.91 Å². The Hall–Kier alpha value is -0.900. The van der Waals surface area contributed by atoms with E-state index in [2.05, 4.69) is 5.32 Å². The summed E-state index contributed by atoms with van der Waals surface area (Å²) in [5.41, 5.74) is 5.39. The summed E-state index contributed by atoms with van der Waals surface area (Å²) in [7, 11) is 0. The van der Waals surface area contributed by atoms with Gasteiger partial charge in [0.15, 0.2) is 5.78 Å². The van der Waals surface area contributed by atoms with Gasteiger partial charge in [0.25, 0.3) is 0 Å². The van der Waals surface area contributed by atoms with Crippen molar-refractivity contribution in [2.45, 2.75) is 60.0 Å². The number of amides is 1. The molecule has 2 atom stereocenters. The molecule has 0 rings (SSSR count). The Bertz CT molecular complexity index is 213. The molecule has 4 heteroatoms. The van der Waals surface area contributed by atoms with Crippen LogP contribution in [0.4, 0.5) is 0 Å². The van der Waals surface area contributed by atoms with Crippen molar-refractivity contribution in [2.24, 2.45) is 11.7 Å². The molecule has 0 heterocycles. The molecule has 1 amide bonds. The fraction of sp³-hybridized carbons (Fsp3) is 0.833. The maximum absolute atomic E-state index is 11.3. The van der Waals surface area contributed by atoms with Gasteiger partial charge in [-0.1, -0.05) is 27.7 Å². The summed E-state index contributed by atoms with van der Waals surface area (Å²) in [6, 6.07) is -0.961. The van der Waals surface area contributed by atoms with Crippen LogP contribution in [0.3, 0.4) is 0 Å². The van der Waals surface area contributed by atoms with Gasteiger partial charge in [-0.05, 0) is 26.2 Å². The number of ketones is 1. The third-order valence-corrected chi connectivity index (χ3v) is 1.93. The van der Waals surface area contributed by atoms with Crippen LogP contribution < -0.4 is 11.1 Å². The zero-order chi connectivity index (χ0) is 13.3. The molecule has 0 aliphatic rings. The standard InChI is InChI=1S/C10H20N2O2.C2H6/c1-6(2)5-9(8(4)13)12-10(14)7(3)11;1-2/h6-7,9H,5,11H2,1-4H3,(H,12,14);1-2H3/t7-,9-;/m0./s1. The smallest absolute Gasteiger partial charge is 0.237 e. The van der Waals surface area contributed by atoms with E-state index in [1.165, 1.54) is 6.92 Å². The third kappa shape index (κ3) is 8.41. The van der Waals surface area contributed by atoms with Gasteiger partial charge in [0.1, 0.15) is 0 Å². The monoisotopic (exact) mass is 230 g/mol. The van der Waals surface area contributed by atoms with Gasteiger partial charge in [-0.3, -0.25) is 9.59 Å². The second kappa shape index (κ2) is 9.33. The van der Waals surface area contributed by atoms with E-state index in [4.69, 9.17) is 5.73 Å². The second-order valence-corrected chi connectivity index (χ2v) is 4.09. The number of Topliss-reactive ketones (excluding diaryl/α,β-unsaturated/α-hetero) is 1. The van der Waals surface area contributed by atoms with E-state index in [0.717, 1.165) is 0 Å². The van der Waals surface area contributed by atoms with E-state index in [0.29, 0.717) is 12.3 Å². The van der Waals surface area contributed by atoms with Gasteiger partial charge in [-0.2, -0.15) is 0 Å². The predicted molar refractivity (Wildman–Crippen MR) is 67.1 cm³/mol. The highest BCUT2D eigenvalue weighted by atomic mass is 16.2. The molecule has 0 saturated carbocycles. The Morgan fingerprint density at radius 2 is 1.62 bits per heavy atom. The Morgan fingerprint density at radius 3 is 1.88 bits per heavy atom. The maximum Gasteiger partial charge on any atom is 0.237 e. The summed E-state index contributed by atoms with van der Waals surface area (Å²) >= 11 is 0. The molecule has 96 valence electrons. The Labute approximate surface area is 99.0 Å². The van der Waals surface area contributed by atoms with Crippen LogP contribution in [0.25, 0.3) is 0 Å². The summed E-state index contributed by atoms with van der Waals surface area (Å²) in [4.78, 5) is 22.4. The zero-order valence-corrected chi connectivity index (χ0v) is 11.3. The highest BCUT2D eigenvalue weighted by Gasteiger charge is 2.19. The molecule has 0 unspecified atom stereocenters.